The molecule has 3 rings (SSSR count). The van der Waals surface area contributed by atoms with Crippen molar-refractivity contribution in [3.63, 3.8) is 0 Å². The van der Waals surface area contributed by atoms with Gasteiger partial charge in [0.15, 0.2) is 0 Å². The van der Waals surface area contributed by atoms with Crippen molar-refractivity contribution in [2.24, 2.45) is 5.92 Å². The van der Waals surface area contributed by atoms with Gasteiger partial charge in [0.25, 0.3) is 0 Å². The lowest BCUT2D eigenvalue weighted by Gasteiger charge is -2.43. The fourth-order valence-electron chi connectivity index (χ4n) is 3.80. The van der Waals surface area contributed by atoms with Crippen molar-refractivity contribution in [3.05, 3.63) is 65.5 Å². The Morgan fingerprint density at radius 3 is 2.75 bits per heavy atom. The van der Waals surface area contributed by atoms with Crippen LogP contribution < -0.4 is 4.74 Å². The normalized spacial score (nSPS) is 21.1. The maximum atomic E-state index is 13.7. The Labute approximate surface area is 166 Å². The van der Waals surface area contributed by atoms with Crippen LogP contribution in [0.5, 0.6) is 5.75 Å². The molecule has 0 aliphatic carbocycles. The van der Waals surface area contributed by atoms with E-state index in [2.05, 4.69) is 17.0 Å². The highest BCUT2D eigenvalue weighted by Gasteiger charge is 2.41. The highest BCUT2D eigenvalue weighted by molar-refractivity contribution is 5.34. The fourth-order valence-corrected chi connectivity index (χ4v) is 3.80. The molecular weight excluding hydrogens is 357 g/mol. The summed E-state index contributed by atoms with van der Waals surface area (Å²) in [5.41, 5.74) is 0.958. The Morgan fingerprint density at radius 1 is 1.29 bits per heavy atom. The Bertz CT molecular complexity index is 766. The van der Waals surface area contributed by atoms with Gasteiger partial charge in [0.1, 0.15) is 11.6 Å². The van der Waals surface area contributed by atoms with Crippen molar-refractivity contribution in [1.82, 2.24) is 4.90 Å². The predicted octanol–water partition coefficient (Wildman–Crippen LogP) is 3.66. The molecule has 0 aromatic heterocycles. The first kappa shape index (κ1) is 20.8. The number of methoxy groups -OCH3 is 1. The maximum Gasteiger partial charge on any atom is 0.123 e. The summed E-state index contributed by atoms with van der Waals surface area (Å²) in [7, 11) is 1.57. The number of morpholine rings is 1. The van der Waals surface area contributed by atoms with Gasteiger partial charge in [-0.05, 0) is 48.6 Å². The van der Waals surface area contributed by atoms with Crippen molar-refractivity contribution < 1.29 is 19.0 Å². The minimum absolute atomic E-state index is 0.134. The Kier molecular flexibility index (Phi) is 6.70. The van der Waals surface area contributed by atoms with E-state index in [-0.39, 0.29) is 17.8 Å². The van der Waals surface area contributed by atoms with Crippen LogP contribution in [0.25, 0.3) is 0 Å². The van der Waals surface area contributed by atoms with Crippen molar-refractivity contribution in [1.29, 1.82) is 0 Å². The third-order valence-corrected chi connectivity index (χ3v) is 5.82. The van der Waals surface area contributed by atoms with Gasteiger partial charge in [-0.3, -0.25) is 4.90 Å². The number of hydrogen-bond donors (Lipinski definition) is 1. The molecule has 1 aliphatic heterocycles. The fraction of sp³-hybridized carbons (Fsp3) is 0.478. The molecule has 4 nitrogen and oxygen atoms in total. The molecule has 1 heterocycles. The lowest BCUT2D eigenvalue weighted by Crippen LogP contribution is -2.56. The average molecular weight is 387 g/mol. The molecule has 5 heteroatoms. The van der Waals surface area contributed by atoms with Gasteiger partial charge < -0.3 is 14.6 Å². The van der Waals surface area contributed by atoms with Crippen LogP contribution in [0.15, 0.2) is 48.5 Å². The Morgan fingerprint density at radius 2 is 2.04 bits per heavy atom. The van der Waals surface area contributed by atoms with Crippen LogP contribution in [0.2, 0.25) is 0 Å². The van der Waals surface area contributed by atoms with Gasteiger partial charge in [0, 0.05) is 19.6 Å². The molecule has 0 bridgehead atoms. The van der Waals surface area contributed by atoms with Crippen molar-refractivity contribution in [2.45, 2.75) is 38.5 Å². The standard InChI is InChI=1S/C23H30FNO3/c1-17(13-19-14-20(24)9-10-21(19)27-3)23(2,26)22-16-25(11-12-28-22)15-18-7-5-4-6-8-18/h4-10,14,17,22,26H,11-13,15-16H2,1-3H3. The largest absolute Gasteiger partial charge is 0.496 e. The molecule has 1 aliphatic rings. The number of aliphatic hydroxyl groups is 1. The number of nitrogens with zero attached hydrogens (tertiary/aromatic N) is 1. The first-order chi connectivity index (χ1) is 13.4. The molecule has 2 aromatic rings. The van der Waals surface area contributed by atoms with Gasteiger partial charge in [-0.1, -0.05) is 37.3 Å². The van der Waals surface area contributed by atoms with E-state index in [0.29, 0.717) is 25.3 Å². The second-order valence-corrected chi connectivity index (χ2v) is 7.87. The molecule has 3 unspecified atom stereocenters. The first-order valence-electron chi connectivity index (χ1n) is 9.83. The van der Waals surface area contributed by atoms with Crippen LogP contribution in [0.3, 0.4) is 0 Å². The quantitative estimate of drug-likeness (QED) is 0.787. The summed E-state index contributed by atoms with van der Waals surface area (Å²) in [6.45, 7) is 6.72. The molecular formula is C23H30FNO3. The summed E-state index contributed by atoms with van der Waals surface area (Å²) in [6, 6.07) is 14.8. The highest BCUT2D eigenvalue weighted by atomic mass is 19.1. The van der Waals surface area contributed by atoms with Crippen LogP contribution >= 0.6 is 0 Å². The van der Waals surface area contributed by atoms with Gasteiger partial charge in [-0.15, -0.1) is 0 Å². The highest BCUT2D eigenvalue weighted by Crippen LogP contribution is 2.32. The lowest BCUT2D eigenvalue weighted by atomic mass is 9.80. The van der Waals surface area contributed by atoms with Gasteiger partial charge >= 0.3 is 0 Å². The molecule has 1 fully saturated rings. The third-order valence-electron chi connectivity index (χ3n) is 5.82. The van der Waals surface area contributed by atoms with E-state index in [1.165, 1.54) is 17.7 Å². The topological polar surface area (TPSA) is 41.9 Å². The molecule has 0 amide bonds. The maximum absolute atomic E-state index is 13.7. The second kappa shape index (κ2) is 9.03. The Hall–Kier alpha value is -1.95. The van der Waals surface area contributed by atoms with Crippen molar-refractivity contribution >= 4 is 0 Å². The van der Waals surface area contributed by atoms with E-state index < -0.39 is 5.60 Å². The van der Waals surface area contributed by atoms with E-state index in [1.54, 1.807) is 13.2 Å². The molecule has 0 saturated carbocycles. The monoisotopic (exact) mass is 387 g/mol. The molecule has 2 aromatic carbocycles. The van der Waals surface area contributed by atoms with Crippen LogP contribution in [0.4, 0.5) is 4.39 Å². The lowest BCUT2D eigenvalue weighted by molar-refractivity contribution is -0.157. The second-order valence-electron chi connectivity index (χ2n) is 7.87. The molecule has 0 spiro atoms. The average Bonchev–Trinajstić information content (AvgIpc) is 2.69. The van der Waals surface area contributed by atoms with Crippen LogP contribution in [-0.4, -0.2) is 48.5 Å². The van der Waals surface area contributed by atoms with E-state index in [0.717, 1.165) is 18.7 Å². The number of ether oxygens (including phenoxy) is 2. The van der Waals surface area contributed by atoms with Crippen molar-refractivity contribution in [2.75, 3.05) is 26.8 Å². The SMILES string of the molecule is COc1ccc(F)cc1CC(C)C(C)(O)C1CN(Cc2ccccc2)CCO1. The summed E-state index contributed by atoms with van der Waals surface area (Å²) in [5, 5.41) is 11.3. The van der Waals surface area contributed by atoms with Crippen LogP contribution in [-0.2, 0) is 17.7 Å². The minimum atomic E-state index is -1.05. The predicted molar refractivity (Wildman–Crippen MR) is 108 cm³/mol. The summed E-state index contributed by atoms with van der Waals surface area (Å²) in [4.78, 5) is 2.31. The smallest absolute Gasteiger partial charge is 0.123 e. The zero-order valence-corrected chi connectivity index (χ0v) is 16.9. The third kappa shape index (κ3) is 4.90. The van der Waals surface area contributed by atoms with Gasteiger partial charge in [-0.25, -0.2) is 4.39 Å². The molecule has 3 atom stereocenters. The van der Waals surface area contributed by atoms with Crippen LogP contribution in [0, 0.1) is 11.7 Å². The number of halogens is 1. The molecule has 152 valence electrons. The summed E-state index contributed by atoms with van der Waals surface area (Å²) in [6.07, 6.45) is 0.200. The summed E-state index contributed by atoms with van der Waals surface area (Å²) >= 11 is 0. The van der Waals surface area contributed by atoms with E-state index >= 15 is 0 Å². The Balaban J connectivity index is 1.68. The number of rotatable bonds is 7. The van der Waals surface area contributed by atoms with Gasteiger partial charge in [0.05, 0.1) is 25.4 Å². The van der Waals surface area contributed by atoms with Crippen LogP contribution in [0.1, 0.15) is 25.0 Å². The summed E-state index contributed by atoms with van der Waals surface area (Å²) in [5.74, 6) is 0.204. The molecule has 1 N–H and O–H groups in total. The molecule has 28 heavy (non-hydrogen) atoms. The van der Waals surface area contributed by atoms with E-state index in [1.807, 2.05) is 32.0 Å². The van der Waals surface area contributed by atoms with Gasteiger partial charge in [0.2, 0.25) is 0 Å². The van der Waals surface area contributed by atoms with E-state index in [9.17, 15) is 9.50 Å². The number of benzene rings is 2. The summed E-state index contributed by atoms with van der Waals surface area (Å²) < 4.78 is 25.0. The number of hydrogen-bond acceptors (Lipinski definition) is 4. The molecule has 0 radical (unpaired) electrons. The first-order valence-corrected chi connectivity index (χ1v) is 9.83. The zero-order chi connectivity index (χ0) is 20.1. The van der Waals surface area contributed by atoms with E-state index in [4.69, 9.17) is 9.47 Å². The van der Waals surface area contributed by atoms with Gasteiger partial charge in [-0.2, -0.15) is 0 Å². The minimum Gasteiger partial charge on any atom is -0.496 e. The van der Waals surface area contributed by atoms with Crippen molar-refractivity contribution in [3.8, 4) is 5.75 Å². The zero-order valence-electron chi connectivity index (χ0n) is 16.9. The molecule has 1 saturated heterocycles.